The molecule has 3 nitrogen and oxygen atoms in total. The predicted molar refractivity (Wildman–Crippen MR) is 99.9 cm³/mol. The Morgan fingerprint density at radius 3 is 2.92 bits per heavy atom. The molecule has 1 aliphatic rings. The standard InChI is InChI=1S/C19H19BrClNO2/c1-24-16-6-2-4-13(11-16)10-15-5-3-9-22(15)19(23)17-8-7-14(20)12-18(17)21/h2,4,6-8,11-12,15H,3,5,9-10H2,1H3. The highest BCUT2D eigenvalue weighted by Crippen LogP contribution is 2.28. The molecule has 5 heteroatoms. The van der Waals surface area contributed by atoms with Gasteiger partial charge < -0.3 is 9.64 Å². The molecule has 1 aliphatic heterocycles. The molecule has 126 valence electrons. The van der Waals surface area contributed by atoms with E-state index in [1.807, 2.05) is 29.2 Å². The van der Waals surface area contributed by atoms with Crippen LogP contribution in [0.3, 0.4) is 0 Å². The van der Waals surface area contributed by atoms with Crippen molar-refractivity contribution < 1.29 is 9.53 Å². The van der Waals surface area contributed by atoms with E-state index in [0.29, 0.717) is 10.6 Å². The van der Waals surface area contributed by atoms with Crippen molar-refractivity contribution in [1.29, 1.82) is 0 Å². The minimum atomic E-state index is 0.0119. The molecule has 1 unspecified atom stereocenters. The lowest BCUT2D eigenvalue weighted by atomic mass is 10.0. The van der Waals surface area contributed by atoms with Crippen molar-refractivity contribution in [3.63, 3.8) is 0 Å². The lowest BCUT2D eigenvalue weighted by molar-refractivity contribution is 0.0736. The first kappa shape index (κ1) is 17.3. The summed E-state index contributed by atoms with van der Waals surface area (Å²) >= 11 is 9.63. The van der Waals surface area contributed by atoms with E-state index in [0.717, 1.165) is 36.0 Å². The first-order valence-electron chi connectivity index (χ1n) is 7.97. The Bertz CT molecular complexity index is 750. The van der Waals surface area contributed by atoms with Gasteiger partial charge in [-0.1, -0.05) is 39.7 Å². The molecule has 1 heterocycles. The molecule has 1 amide bonds. The van der Waals surface area contributed by atoms with Gasteiger partial charge in [0.2, 0.25) is 0 Å². The molecule has 1 fully saturated rings. The van der Waals surface area contributed by atoms with Gasteiger partial charge >= 0.3 is 0 Å². The Labute approximate surface area is 155 Å². The first-order valence-corrected chi connectivity index (χ1v) is 9.14. The lowest BCUT2D eigenvalue weighted by Crippen LogP contribution is -2.37. The minimum absolute atomic E-state index is 0.0119. The third-order valence-electron chi connectivity index (χ3n) is 4.41. The molecule has 0 aliphatic carbocycles. The van der Waals surface area contributed by atoms with Gasteiger partial charge in [0.25, 0.3) is 5.91 Å². The van der Waals surface area contributed by atoms with Gasteiger partial charge in [0.15, 0.2) is 0 Å². The number of hydrogen-bond donors (Lipinski definition) is 0. The largest absolute Gasteiger partial charge is 0.497 e. The zero-order valence-corrected chi connectivity index (χ0v) is 15.8. The van der Waals surface area contributed by atoms with Crippen LogP contribution in [0, 0.1) is 0 Å². The van der Waals surface area contributed by atoms with Crippen molar-refractivity contribution in [2.75, 3.05) is 13.7 Å². The maximum absolute atomic E-state index is 12.9. The predicted octanol–water partition coefficient (Wildman–Crippen LogP) is 4.96. The number of carbonyl (C=O) groups excluding carboxylic acids is 1. The van der Waals surface area contributed by atoms with Crippen LogP contribution in [0.2, 0.25) is 5.02 Å². The molecule has 2 aromatic rings. The van der Waals surface area contributed by atoms with Crippen LogP contribution in [0.5, 0.6) is 5.75 Å². The summed E-state index contributed by atoms with van der Waals surface area (Å²) < 4.78 is 6.16. The maximum Gasteiger partial charge on any atom is 0.255 e. The fourth-order valence-electron chi connectivity index (χ4n) is 3.20. The van der Waals surface area contributed by atoms with Crippen LogP contribution in [-0.2, 0) is 6.42 Å². The van der Waals surface area contributed by atoms with Crippen molar-refractivity contribution in [2.45, 2.75) is 25.3 Å². The minimum Gasteiger partial charge on any atom is -0.497 e. The van der Waals surface area contributed by atoms with Gasteiger partial charge in [0.1, 0.15) is 5.75 Å². The number of likely N-dealkylation sites (tertiary alicyclic amines) is 1. The molecule has 0 bridgehead atoms. The SMILES string of the molecule is COc1cccc(CC2CCCN2C(=O)c2ccc(Br)cc2Cl)c1. The monoisotopic (exact) mass is 407 g/mol. The second kappa shape index (κ2) is 7.58. The molecule has 24 heavy (non-hydrogen) atoms. The number of halogens is 2. The van der Waals surface area contributed by atoms with Crippen molar-refractivity contribution in [3.8, 4) is 5.75 Å². The van der Waals surface area contributed by atoms with Crippen LogP contribution < -0.4 is 4.74 Å². The summed E-state index contributed by atoms with van der Waals surface area (Å²) in [6, 6.07) is 13.6. The van der Waals surface area contributed by atoms with E-state index in [1.54, 1.807) is 19.2 Å². The fourth-order valence-corrected chi connectivity index (χ4v) is 3.96. The molecule has 0 N–H and O–H groups in total. The Hall–Kier alpha value is -1.52. The molecule has 0 saturated carbocycles. The van der Waals surface area contributed by atoms with Gasteiger partial charge in [0.05, 0.1) is 17.7 Å². The fraction of sp³-hybridized carbons (Fsp3) is 0.316. The summed E-state index contributed by atoms with van der Waals surface area (Å²) in [6.07, 6.45) is 2.86. The number of hydrogen-bond acceptors (Lipinski definition) is 2. The van der Waals surface area contributed by atoms with Crippen molar-refractivity contribution in [3.05, 3.63) is 63.1 Å². The number of benzene rings is 2. The van der Waals surface area contributed by atoms with Crippen LogP contribution >= 0.6 is 27.5 Å². The van der Waals surface area contributed by atoms with Gasteiger partial charge in [-0.15, -0.1) is 0 Å². The Balaban J connectivity index is 1.78. The second-order valence-electron chi connectivity index (χ2n) is 5.97. The summed E-state index contributed by atoms with van der Waals surface area (Å²) in [7, 11) is 1.67. The Morgan fingerprint density at radius 1 is 1.33 bits per heavy atom. The summed E-state index contributed by atoms with van der Waals surface area (Å²) in [4.78, 5) is 14.9. The molecular formula is C19H19BrClNO2. The van der Waals surface area contributed by atoms with Crippen LogP contribution in [0.4, 0.5) is 0 Å². The topological polar surface area (TPSA) is 29.5 Å². The van der Waals surface area contributed by atoms with Crippen molar-refractivity contribution in [2.24, 2.45) is 0 Å². The number of amides is 1. The summed E-state index contributed by atoms with van der Waals surface area (Å²) in [6.45, 7) is 0.778. The number of rotatable bonds is 4. The number of methoxy groups -OCH3 is 1. The highest BCUT2D eigenvalue weighted by molar-refractivity contribution is 9.10. The highest BCUT2D eigenvalue weighted by Gasteiger charge is 2.30. The number of ether oxygens (including phenoxy) is 1. The zero-order chi connectivity index (χ0) is 17.1. The van der Waals surface area contributed by atoms with Crippen LogP contribution in [0.1, 0.15) is 28.8 Å². The summed E-state index contributed by atoms with van der Waals surface area (Å²) in [5, 5.41) is 0.487. The summed E-state index contributed by atoms with van der Waals surface area (Å²) in [5.41, 5.74) is 1.75. The molecule has 0 spiro atoms. The van der Waals surface area contributed by atoms with Crippen molar-refractivity contribution in [1.82, 2.24) is 4.90 Å². The molecule has 1 saturated heterocycles. The van der Waals surface area contributed by atoms with Crippen LogP contribution in [0.15, 0.2) is 46.9 Å². The third kappa shape index (κ3) is 3.76. The third-order valence-corrected chi connectivity index (χ3v) is 5.21. The maximum atomic E-state index is 12.9. The average Bonchev–Trinajstić information content (AvgIpc) is 3.02. The van der Waals surface area contributed by atoms with Crippen LogP contribution in [0.25, 0.3) is 0 Å². The van der Waals surface area contributed by atoms with Crippen molar-refractivity contribution >= 4 is 33.4 Å². The lowest BCUT2D eigenvalue weighted by Gasteiger charge is -2.25. The second-order valence-corrected chi connectivity index (χ2v) is 7.30. The van der Waals surface area contributed by atoms with Gasteiger partial charge in [-0.25, -0.2) is 0 Å². The molecule has 3 rings (SSSR count). The molecule has 0 aromatic heterocycles. The van der Waals surface area contributed by atoms with Gasteiger partial charge in [-0.2, -0.15) is 0 Å². The van der Waals surface area contributed by atoms with E-state index in [2.05, 4.69) is 22.0 Å². The molecular weight excluding hydrogens is 390 g/mol. The van der Waals surface area contributed by atoms with E-state index in [-0.39, 0.29) is 11.9 Å². The number of nitrogens with zero attached hydrogens (tertiary/aromatic N) is 1. The van der Waals surface area contributed by atoms with Gasteiger partial charge in [-0.3, -0.25) is 4.79 Å². The summed E-state index contributed by atoms with van der Waals surface area (Å²) in [5.74, 6) is 0.859. The average molecular weight is 409 g/mol. The van der Waals surface area contributed by atoms with Gasteiger partial charge in [0, 0.05) is 17.1 Å². The van der Waals surface area contributed by atoms with Crippen LogP contribution in [-0.4, -0.2) is 30.5 Å². The zero-order valence-electron chi connectivity index (χ0n) is 13.5. The normalized spacial score (nSPS) is 17.1. The van der Waals surface area contributed by atoms with E-state index in [4.69, 9.17) is 16.3 Å². The van der Waals surface area contributed by atoms with E-state index in [1.165, 1.54) is 5.56 Å². The van der Waals surface area contributed by atoms with E-state index >= 15 is 0 Å². The molecule has 0 radical (unpaired) electrons. The number of carbonyl (C=O) groups is 1. The van der Waals surface area contributed by atoms with E-state index < -0.39 is 0 Å². The first-order chi connectivity index (χ1) is 11.6. The smallest absolute Gasteiger partial charge is 0.255 e. The molecule has 1 atom stereocenters. The highest BCUT2D eigenvalue weighted by atomic mass is 79.9. The Kier molecular flexibility index (Phi) is 5.47. The molecule has 2 aromatic carbocycles. The quantitative estimate of drug-likeness (QED) is 0.716. The Morgan fingerprint density at radius 2 is 2.17 bits per heavy atom. The van der Waals surface area contributed by atoms with E-state index in [9.17, 15) is 4.79 Å². The van der Waals surface area contributed by atoms with Gasteiger partial charge in [-0.05, 0) is 55.2 Å².